The van der Waals surface area contributed by atoms with E-state index in [0.29, 0.717) is 6.42 Å². The van der Waals surface area contributed by atoms with E-state index in [-0.39, 0.29) is 5.78 Å². The molecule has 2 heteroatoms. The molecular formula is C19H21NO. The molecular weight excluding hydrogens is 258 g/mol. The van der Waals surface area contributed by atoms with Crippen LogP contribution < -0.4 is 4.90 Å². The first-order valence-electron chi connectivity index (χ1n) is 7.69. The molecule has 1 heterocycles. The molecule has 0 aromatic heterocycles. The summed E-state index contributed by atoms with van der Waals surface area (Å²) in [6.07, 6.45) is 2.89. The zero-order valence-corrected chi connectivity index (χ0v) is 12.7. The molecule has 0 saturated carbocycles. The van der Waals surface area contributed by atoms with E-state index in [0.717, 1.165) is 18.5 Å². The molecule has 2 aromatic rings. The van der Waals surface area contributed by atoms with Gasteiger partial charge in [0.15, 0.2) is 5.78 Å². The molecule has 2 aromatic carbocycles. The third kappa shape index (κ3) is 2.71. The SMILES string of the molecule is CCC(=O)c1ccc(N2CCCc3cc(C)ccc32)cc1. The maximum absolute atomic E-state index is 11.7. The number of nitrogens with zero attached hydrogens (tertiary/aromatic N) is 1. The lowest BCUT2D eigenvalue weighted by Crippen LogP contribution is -2.24. The molecule has 0 radical (unpaired) electrons. The van der Waals surface area contributed by atoms with E-state index in [1.165, 1.54) is 28.9 Å². The fourth-order valence-electron chi connectivity index (χ4n) is 3.03. The van der Waals surface area contributed by atoms with Crippen molar-refractivity contribution in [2.75, 3.05) is 11.4 Å². The smallest absolute Gasteiger partial charge is 0.162 e. The van der Waals surface area contributed by atoms with Crippen molar-refractivity contribution in [3.8, 4) is 0 Å². The Balaban J connectivity index is 1.93. The Hall–Kier alpha value is -2.09. The highest BCUT2D eigenvalue weighted by Gasteiger charge is 2.18. The fraction of sp³-hybridized carbons (Fsp3) is 0.316. The summed E-state index contributed by atoms with van der Waals surface area (Å²) in [7, 11) is 0. The van der Waals surface area contributed by atoms with E-state index < -0.39 is 0 Å². The van der Waals surface area contributed by atoms with Gasteiger partial charge in [-0.2, -0.15) is 0 Å². The number of anilines is 2. The number of aryl methyl sites for hydroxylation is 2. The lowest BCUT2D eigenvalue weighted by atomic mass is 9.98. The standard InChI is InChI=1S/C19H21NO/c1-3-19(21)15-7-9-17(10-8-15)20-12-4-5-16-13-14(2)6-11-18(16)20/h6-11,13H,3-5,12H2,1-2H3. The molecule has 0 saturated heterocycles. The van der Waals surface area contributed by atoms with Crippen LogP contribution in [0.15, 0.2) is 42.5 Å². The molecule has 0 atom stereocenters. The van der Waals surface area contributed by atoms with Crippen molar-refractivity contribution < 1.29 is 4.79 Å². The van der Waals surface area contributed by atoms with Crippen LogP contribution in [-0.2, 0) is 6.42 Å². The normalized spacial score (nSPS) is 13.9. The molecule has 108 valence electrons. The van der Waals surface area contributed by atoms with E-state index in [2.05, 4.69) is 42.2 Å². The van der Waals surface area contributed by atoms with Gasteiger partial charge in [-0.05, 0) is 55.7 Å². The van der Waals surface area contributed by atoms with E-state index in [9.17, 15) is 4.79 Å². The zero-order chi connectivity index (χ0) is 14.8. The van der Waals surface area contributed by atoms with Crippen molar-refractivity contribution in [2.45, 2.75) is 33.1 Å². The van der Waals surface area contributed by atoms with Gasteiger partial charge < -0.3 is 4.90 Å². The quantitative estimate of drug-likeness (QED) is 0.761. The Morgan fingerprint density at radius 1 is 1.14 bits per heavy atom. The highest BCUT2D eigenvalue weighted by Crippen LogP contribution is 2.34. The van der Waals surface area contributed by atoms with Crippen LogP contribution in [0.25, 0.3) is 0 Å². The largest absolute Gasteiger partial charge is 0.341 e. The number of hydrogen-bond acceptors (Lipinski definition) is 2. The summed E-state index contributed by atoms with van der Waals surface area (Å²) in [5.41, 5.74) is 6.03. The summed E-state index contributed by atoms with van der Waals surface area (Å²) in [5, 5.41) is 0. The zero-order valence-electron chi connectivity index (χ0n) is 12.7. The van der Waals surface area contributed by atoms with Crippen LogP contribution in [0.4, 0.5) is 11.4 Å². The maximum atomic E-state index is 11.7. The Morgan fingerprint density at radius 2 is 1.90 bits per heavy atom. The van der Waals surface area contributed by atoms with Gasteiger partial charge in [0.25, 0.3) is 0 Å². The number of Topliss-reactive ketones (excluding diaryl/α,β-unsaturated/α-hetero) is 1. The Kier molecular flexibility index (Phi) is 3.78. The van der Waals surface area contributed by atoms with E-state index in [4.69, 9.17) is 0 Å². The Morgan fingerprint density at radius 3 is 2.62 bits per heavy atom. The number of benzene rings is 2. The second-order valence-corrected chi connectivity index (χ2v) is 5.71. The predicted molar refractivity (Wildman–Crippen MR) is 87.6 cm³/mol. The molecule has 0 amide bonds. The van der Waals surface area contributed by atoms with Gasteiger partial charge >= 0.3 is 0 Å². The average molecular weight is 279 g/mol. The summed E-state index contributed by atoms with van der Waals surface area (Å²) < 4.78 is 0. The summed E-state index contributed by atoms with van der Waals surface area (Å²) in [5.74, 6) is 0.205. The molecule has 21 heavy (non-hydrogen) atoms. The van der Waals surface area contributed by atoms with E-state index >= 15 is 0 Å². The third-order valence-corrected chi connectivity index (χ3v) is 4.18. The first-order valence-corrected chi connectivity index (χ1v) is 7.69. The van der Waals surface area contributed by atoms with Gasteiger partial charge in [0, 0.05) is 29.9 Å². The number of hydrogen-bond donors (Lipinski definition) is 0. The number of fused-ring (bicyclic) bond motifs is 1. The third-order valence-electron chi connectivity index (χ3n) is 4.18. The lowest BCUT2D eigenvalue weighted by Gasteiger charge is -2.31. The van der Waals surface area contributed by atoms with Gasteiger partial charge in [0.1, 0.15) is 0 Å². The maximum Gasteiger partial charge on any atom is 0.162 e. The molecule has 0 unspecified atom stereocenters. The van der Waals surface area contributed by atoms with Gasteiger partial charge in [-0.25, -0.2) is 0 Å². The van der Waals surface area contributed by atoms with Gasteiger partial charge in [-0.3, -0.25) is 4.79 Å². The summed E-state index contributed by atoms with van der Waals surface area (Å²) in [4.78, 5) is 14.1. The van der Waals surface area contributed by atoms with Crippen LogP contribution in [0.5, 0.6) is 0 Å². The molecule has 0 aliphatic carbocycles. The van der Waals surface area contributed by atoms with Crippen LogP contribution in [-0.4, -0.2) is 12.3 Å². The van der Waals surface area contributed by atoms with Gasteiger partial charge in [0.05, 0.1) is 0 Å². The molecule has 1 aliphatic rings. The summed E-state index contributed by atoms with van der Waals surface area (Å²) in [6.45, 7) is 5.08. The number of ketones is 1. The van der Waals surface area contributed by atoms with Gasteiger partial charge in [-0.15, -0.1) is 0 Å². The van der Waals surface area contributed by atoms with Crippen LogP contribution in [0.2, 0.25) is 0 Å². The lowest BCUT2D eigenvalue weighted by molar-refractivity contribution is 0.0988. The Labute approximate surface area is 126 Å². The first kappa shape index (κ1) is 13.9. The minimum Gasteiger partial charge on any atom is -0.341 e. The highest BCUT2D eigenvalue weighted by molar-refractivity contribution is 5.96. The molecule has 3 rings (SSSR count). The molecule has 0 fully saturated rings. The van der Waals surface area contributed by atoms with Crippen molar-refractivity contribution in [1.29, 1.82) is 0 Å². The molecule has 1 aliphatic heterocycles. The van der Waals surface area contributed by atoms with E-state index in [1.807, 2.05) is 19.1 Å². The van der Waals surface area contributed by atoms with Crippen LogP contribution in [0.3, 0.4) is 0 Å². The monoisotopic (exact) mass is 279 g/mol. The Bertz CT molecular complexity index is 658. The fourth-order valence-corrected chi connectivity index (χ4v) is 3.03. The minimum atomic E-state index is 0.205. The summed E-state index contributed by atoms with van der Waals surface area (Å²) in [6, 6.07) is 14.7. The van der Waals surface area contributed by atoms with E-state index in [1.54, 1.807) is 0 Å². The first-order chi connectivity index (χ1) is 10.2. The highest BCUT2D eigenvalue weighted by atomic mass is 16.1. The number of rotatable bonds is 3. The van der Waals surface area contributed by atoms with Crippen LogP contribution >= 0.6 is 0 Å². The molecule has 0 spiro atoms. The van der Waals surface area contributed by atoms with Crippen molar-refractivity contribution in [3.05, 3.63) is 59.2 Å². The van der Waals surface area contributed by atoms with Crippen LogP contribution in [0, 0.1) is 6.92 Å². The van der Waals surface area contributed by atoms with Crippen LogP contribution in [0.1, 0.15) is 41.3 Å². The predicted octanol–water partition coefficient (Wildman–Crippen LogP) is 4.67. The average Bonchev–Trinajstić information content (AvgIpc) is 2.53. The van der Waals surface area contributed by atoms with Crippen molar-refractivity contribution in [1.82, 2.24) is 0 Å². The second-order valence-electron chi connectivity index (χ2n) is 5.71. The van der Waals surface area contributed by atoms with Crippen molar-refractivity contribution in [3.63, 3.8) is 0 Å². The number of carbonyl (C=O) groups is 1. The topological polar surface area (TPSA) is 20.3 Å². The van der Waals surface area contributed by atoms with Crippen molar-refractivity contribution in [2.24, 2.45) is 0 Å². The van der Waals surface area contributed by atoms with Gasteiger partial charge in [0.2, 0.25) is 0 Å². The van der Waals surface area contributed by atoms with Crippen molar-refractivity contribution >= 4 is 17.2 Å². The summed E-state index contributed by atoms with van der Waals surface area (Å²) >= 11 is 0. The second kappa shape index (κ2) is 5.72. The molecule has 0 N–H and O–H groups in total. The minimum absolute atomic E-state index is 0.205. The number of carbonyl (C=O) groups excluding carboxylic acids is 1. The molecule has 0 bridgehead atoms. The van der Waals surface area contributed by atoms with Gasteiger partial charge in [-0.1, -0.05) is 24.6 Å². The molecule has 2 nitrogen and oxygen atoms in total.